The summed E-state index contributed by atoms with van der Waals surface area (Å²) >= 11 is 1.53. The first-order chi connectivity index (χ1) is 11.7. The van der Waals surface area contributed by atoms with E-state index in [0.717, 1.165) is 40.8 Å². The van der Waals surface area contributed by atoms with Crippen molar-refractivity contribution in [3.63, 3.8) is 0 Å². The molecule has 0 spiro atoms. The molecule has 0 unspecified atom stereocenters. The van der Waals surface area contributed by atoms with Crippen molar-refractivity contribution in [3.8, 4) is 11.1 Å². The number of fused-ring (bicyclic) bond motifs is 1. The maximum Gasteiger partial charge on any atom is 0.262 e. The molecule has 0 amide bonds. The minimum atomic E-state index is 0.0333. The van der Waals surface area contributed by atoms with Crippen LogP contribution in [-0.4, -0.2) is 22.3 Å². The van der Waals surface area contributed by atoms with E-state index in [1.807, 2.05) is 5.38 Å². The molecule has 3 aromatic rings. The SMILES string of the molecule is Cc1ccc(-c2csc3ncn(C[C@H]4CCCCO4)c(=O)c23)cc1. The van der Waals surface area contributed by atoms with Crippen LogP contribution in [-0.2, 0) is 11.3 Å². The van der Waals surface area contributed by atoms with Crippen LogP contribution in [0.25, 0.3) is 21.3 Å². The highest BCUT2D eigenvalue weighted by molar-refractivity contribution is 7.17. The second kappa shape index (κ2) is 6.49. The van der Waals surface area contributed by atoms with Gasteiger partial charge in [-0.15, -0.1) is 11.3 Å². The number of benzene rings is 1. The van der Waals surface area contributed by atoms with E-state index in [1.165, 1.54) is 23.3 Å². The van der Waals surface area contributed by atoms with Crippen molar-refractivity contribution in [2.24, 2.45) is 0 Å². The molecule has 0 bridgehead atoms. The molecular weight excluding hydrogens is 320 g/mol. The first-order valence-corrected chi connectivity index (χ1v) is 9.25. The maximum atomic E-state index is 13.0. The van der Waals surface area contributed by atoms with Gasteiger partial charge >= 0.3 is 0 Å². The zero-order chi connectivity index (χ0) is 16.5. The van der Waals surface area contributed by atoms with Gasteiger partial charge in [0, 0.05) is 17.6 Å². The summed E-state index contributed by atoms with van der Waals surface area (Å²) in [5.41, 5.74) is 3.29. The molecule has 1 atom stereocenters. The fourth-order valence-electron chi connectivity index (χ4n) is 3.21. The summed E-state index contributed by atoms with van der Waals surface area (Å²) in [6.07, 6.45) is 5.08. The molecule has 3 heterocycles. The van der Waals surface area contributed by atoms with Crippen molar-refractivity contribution in [2.75, 3.05) is 6.61 Å². The Hall–Kier alpha value is -1.98. The van der Waals surface area contributed by atoms with Crippen LogP contribution in [0, 0.1) is 6.92 Å². The zero-order valence-corrected chi connectivity index (χ0v) is 14.5. The number of ether oxygens (including phenoxy) is 1. The van der Waals surface area contributed by atoms with Crippen LogP contribution in [0.15, 0.2) is 40.8 Å². The molecule has 1 aromatic carbocycles. The van der Waals surface area contributed by atoms with Gasteiger partial charge in [0.1, 0.15) is 4.83 Å². The Kier molecular flexibility index (Phi) is 4.21. The Labute approximate surface area is 144 Å². The Balaban J connectivity index is 1.75. The van der Waals surface area contributed by atoms with Crippen LogP contribution in [0.4, 0.5) is 0 Å². The Morgan fingerprint density at radius 1 is 1.29 bits per heavy atom. The lowest BCUT2D eigenvalue weighted by atomic mass is 10.0. The van der Waals surface area contributed by atoms with Crippen LogP contribution in [0.2, 0.25) is 0 Å². The molecular formula is C19H20N2O2S. The minimum absolute atomic E-state index is 0.0333. The Morgan fingerprint density at radius 2 is 2.12 bits per heavy atom. The first-order valence-electron chi connectivity index (χ1n) is 8.37. The molecule has 0 saturated carbocycles. The van der Waals surface area contributed by atoms with E-state index < -0.39 is 0 Å². The third-order valence-corrected chi connectivity index (χ3v) is 5.48. The summed E-state index contributed by atoms with van der Waals surface area (Å²) in [7, 11) is 0. The average Bonchev–Trinajstić information content (AvgIpc) is 3.04. The molecule has 0 N–H and O–H groups in total. The van der Waals surface area contributed by atoms with Gasteiger partial charge in [0.2, 0.25) is 0 Å². The number of thiophene rings is 1. The highest BCUT2D eigenvalue weighted by atomic mass is 32.1. The van der Waals surface area contributed by atoms with Crippen molar-refractivity contribution >= 4 is 21.6 Å². The van der Waals surface area contributed by atoms with Crippen LogP contribution in [0.1, 0.15) is 24.8 Å². The number of nitrogens with zero attached hydrogens (tertiary/aromatic N) is 2. The third kappa shape index (κ3) is 2.89. The summed E-state index contributed by atoms with van der Waals surface area (Å²) in [6.45, 7) is 3.45. The standard InChI is InChI=1S/C19H20N2O2S/c1-13-5-7-14(8-6-13)16-11-24-18-17(16)19(22)21(12-20-18)10-15-4-2-3-9-23-15/h5-8,11-12,15H,2-4,9-10H2,1H3/t15-/m1/s1. The van der Waals surface area contributed by atoms with Crippen molar-refractivity contribution in [1.29, 1.82) is 0 Å². The largest absolute Gasteiger partial charge is 0.376 e. The van der Waals surface area contributed by atoms with Gasteiger partial charge in [0.15, 0.2) is 0 Å². The van der Waals surface area contributed by atoms with Crippen molar-refractivity contribution in [1.82, 2.24) is 9.55 Å². The van der Waals surface area contributed by atoms with E-state index in [0.29, 0.717) is 6.54 Å². The third-order valence-electron chi connectivity index (χ3n) is 4.60. The summed E-state index contributed by atoms with van der Waals surface area (Å²) in [4.78, 5) is 18.3. The van der Waals surface area contributed by atoms with Gasteiger partial charge in [-0.1, -0.05) is 29.8 Å². The van der Waals surface area contributed by atoms with E-state index in [-0.39, 0.29) is 11.7 Å². The second-order valence-corrected chi connectivity index (χ2v) is 7.24. The molecule has 1 aliphatic rings. The number of rotatable bonds is 3. The highest BCUT2D eigenvalue weighted by Gasteiger charge is 2.18. The quantitative estimate of drug-likeness (QED) is 0.724. The lowest BCUT2D eigenvalue weighted by molar-refractivity contribution is 0.00536. The Morgan fingerprint density at radius 3 is 2.88 bits per heavy atom. The van der Waals surface area contributed by atoms with E-state index in [2.05, 4.69) is 36.2 Å². The number of hydrogen-bond acceptors (Lipinski definition) is 4. The monoisotopic (exact) mass is 340 g/mol. The van der Waals surface area contributed by atoms with E-state index in [9.17, 15) is 4.79 Å². The van der Waals surface area contributed by atoms with Crippen LogP contribution in [0.3, 0.4) is 0 Å². The van der Waals surface area contributed by atoms with Gasteiger partial charge in [-0.3, -0.25) is 9.36 Å². The molecule has 124 valence electrons. The molecule has 2 aromatic heterocycles. The molecule has 1 fully saturated rings. The summed E-state index contributed by atoms with van der Waals surface area (Å²) in [5.74, 6) is 0. The normalized spacial score (nSPS) is 18.1. The van der Waals surface area contributed by atoms with Gasteiger partial charge in [-0.2, -0.15) is 0 Å². The molecule has 4 nitrogen and oxygen atoms in total. The number of hydrogen-bond donors (Lipinski definition) is 0. The fourth-order valence-corrected chi connectivity index (χ4v) is 4.12. The highest BCUT2D eigenvalue weighted by Crippen LogP contribution is 2.30. The van der Waals surface area contributed by atoms with Crippen molar-refractivity contribution in [2.45, 2.75) is 38.8 Å². The van der Waals surface area contributed by atoms with Crippen LogP contribution >= 0.6 is 11.3 Å². The average molecular weight is 340 g/mol. The molecule has 5 heteroatoms. The zero-order valence-electron chi connectivity index (χ0n) is 13.7. The maximum absolute atomic E-state index is 13.0. The first kappa shape index (κ1) is 15.5. The molecule has 1 saturated heterocycles. The number of aryl methyl sites for hydroxylation is 1. The fraction of sp³-hybridized carbons (Fsp3) is 0.368. The van der Waals surface area contributed by atoms with E-state index in [4.69, 9.17) is 4.74 Å². The van der Waals surface area contributed by atoms with Gasteiger partial charge < -0.3 is 4.74 Å². The van der Waals surface area contributed by atoms with Crippen LogP contribution in [0.5, 0.6) is 0 Å². The second-order valence-electron chi connectivity index (χ2n) is 6.39. The van der Waals surface area contributed by atoms with Gasteiger partial charge in [0.05, 0.1) is 24.4 Å². The topological polar surface area (TPSA) is 44.1 Å². The summed E-state index contributed by atoms with van der Waals surface area (Å²) in [5, 5.41) is 2.76. The molecule has 24 heavy (non-hydrogen) atoms. The molecule has 1 aliphatic heterocycles. The van der Waals surface area contributed by atoms with Crippen molar-refractivity contribution < 1.29 is 4.74 Å². The van der Waals surface area contributed by atoms with Gasteiger partial charge in [-0.25, -0.2) is 4.98 Å². The Bertz CT molecular complexity index is 905. The van der Waals surface area contributed by atoms with Gasteiger partial charge in [-0.05, 0) is 31.7 Å². The minimum Gasteiger partial charge on any atom is -0.376 e. The smallest absolute Gasteiger partial charge is 0.262 e. The predicted octanol–water partition coefficient (Wildman–Crippen LogP) is 4.00. The molecule has 0 radical (unpaired) electrons. The number of aromatic nitrogens is 2. The summed E-state index contributed by atoms with van der Waals surface area (Å²) in [6, 6.07) is 8.28. The molecule has 4 rings (SSSR count). The molecule has 0 aliphatic carbocycles. The van der Waals surface area contributed by atoms with Crippen LogP contribution < -0.4 is 5.56 Å². The predicted molar refractivity (Wildman–Crippen MR) is 97.6 cm³/mol. The van der Waals surface area contributed by atoms with Crippen molar-refractivity contribution in [3.05, 3.63) is 51.9 Å². The lowest BCUT2D eigenvalue weighted by Gasteiger charge is -2.23. The van der Waals surface area contributed by atoms with E-state index in [1.54, 1.807) is 10.9 Å². The van der Waals surface area contributed by atoms with E-state index >= 15 is 0 Å². The lowest BCUT2D eigenvalue weighted by Crippen LogP contribution is -2.30. The summed E-state index contributed by atoms with van der Waals surface area (Å²) < 4.78 is 7.48. The van der Waals surface area contributed by atoms with Gasteiger partial charge in [0.25, 0.3) is 5.56 Å².